The molecule has 0 aliphatic rings. The SMILES string of the molecule is CCN(Cc1ccc(C(C)(C)C)cc1)C(=O)NNC(=O)COCc1ccc(Br)cc1. The Labute approximate surface area is 187 Å². The van der Waals surface area contributed by atoms with E-state index in [1.54, 1.807) is 4.90 Å². The smallest absolute Gasteiger partial charge is 0.336 e. The summed E-state index contributed by atoms with van der Waals surface area (Å²) in [6, 6.07) is 15.5. The standard InChI is InChI=1S/C23H30BrN3O3/c1-5-27(14-17-6-10-19(11-7-17)23(2,3)4)22(29)26-25-21(28)16-30-15-18-8-12-20(24)13-9-18/h6-13H,5,14-16H2,1-4H3,(H,25,28)(H,26,29). The third-order valence-corrected chi connectivity index (χ3v) is 5.11. The molecule has 0 unspecified atom stereocenters. The van der Waals surface area contributed by atoms with Crippen LogP contribution >= 0.6 is 15.9 Å². The topological polar surface area (TPSA) is 70.7 Å². The average Bonchev–Trinajstić information content (AvgIpc) is 2.71. The molecule has 0 bridgehead atoms. The van der Waals surface area contributed by atoms with Crippen LogP contribution in [0.4, 0.5) is 4.79 Å². The van der Waals surface area contributed by atoms with Crippen molar-refractivity contribution in [3.63, 3.8) is 0 Å². The van der Waals surface area contributed by atoms with E-state index >= 15 is 0 Å². The predicted octanol–water partition coefficient (Wildman–Crippen LogP) is 4.53. The van der Waals surface area contributed by atoms with E-state index < -0.39 is 5.91 Å². The average molecular weight is 476 g/mol. The summed E-state index contributed by atoms with van der Waals surface area (Å²) >= 11 is 3.37. The van der Waals surface area contributed by atoms with Crippen LogP contribution in [-0.4, -0.2) is 30.0 Å². The molecule has 0 aromatic heterocycles. The van der Waals surface area contributed by atoms with E-state index in [9.17, 15) is 9.59 Å². The molecule has 2 aromatic rings. The molecule has 0 saturated carbocycles. The summed E-state index contributed by atoms with van der Waals surface area (Å²) in [7, 11) is 0. The van der Waals surface area contributed by atoms with E-state index in [4.69, 9.17) is 4.74 Å². The molecule has 2 N–H and O–H groups in total. The zero-order chi connectivity index (χ0) is 22.1. The van der Waals surface area contributed by atoms with E-state index in [-0.39, 0.29) is 18.1 Å². The van der Waals surface area contributed by atoms with Crippen LogP contribution in [0.25, 0.3) is 0 Å². The molecular weight excluding hydrogens is 446 g/mol. The first-order chi connectivity index (χ1) is 14.2. The number of amides is 3. The summed E-state index contributed by atoms with van der Waals surface area (Å²) in [5.41, 5.74) is 8.17. The molecular formula is C23H30BrN3O3. The van der Waals surface area contributed by atoms with Crippen molar-refractivity contribution in [2.75, 3.05) is 13.2 Å². The van der Waals surface area contributed by atoms with Gasteiger partial charge in [-0.3, -0.25) is 10.2 Å². The van der Waals surface area contributed by atoms with Gasteiger partial charge in [-0.05, 0) is 41.2 Å². The van der Waals surface area contributed by atoms with Crippen molar-refractivity contribution < 1.29 is 14.3 Å². The normalized spacial score (nSPS) is 11.1. The van der Waals surface area contributed by atoms with Crippen LogP contribution in [0.5, 0.6) is 0 Å². The Kier molecular flexibility index (Phi) is 8.87. The highest BCUT2D eigenvalue weighted by atomic mass is 79.9. The number of rotatable bonds is 7. The second kappa shape index (κ2) is 11.1. The molecule has 6 nitrogen and oxygen atoms in total. The third-order valence-electron chi connectivity index (χ3n) is 4.59. The molecule has 7 heteroatoms. The van der Waals surface area contributed by atoms with Crippen molar-refractivity contribution in [1.82, 2.24) is 15.8 Å². The lowest BCUT2D eigenvalue weighted by atomic mass is 9.87. The van der Waals surface area contributed by atoms with Crippen molar-refractivity contribution in [2.45, 2.75) is 46.3 Å². The van der Waals surface area contributed by atoms with E-state index in [0.717, 1.165) is 15.6 Å². The number of nitrogens with one attached hydrogen (secondary N) is 2. The van der Waals surface area contributed by atoms with Crippen LogP contribution in [0.3, 0.4) is 0 Å². The number of benzene rings is 2. The Morgan fingerprint density at radius 1 is 0.967 bits per heavy atom. The number of hydrogen-bond acceptors (Lipinski definition) is 3. The van der Waals surface area contributed by atoms with E-state index in [1.807, 2.05) is 43.3 Å². The number of hydrazine groups is 1. The number of carbonyl (C=O) groups is 2. The first-order valence-corrected chi connectivity index (χ1v) is 10.7. The summed E-state index contributed by atoms with van der Waals surface area (Å²) in [6.07, 6.45) is 0. The minimum atomic E-state index is -0.411. The van der Waals surface area contributed by atoms with Gasteiger partial charge < -0.3 is 9.64 Å². The number of halogens is 1. The van der Waals surface area contributed by atoms with Gasteiger partial charge in [-0.2, -0.15) is 0 Å². The Morgan fingerprint density at radius 3 is 2.13 bits per heavy atom. The number of nitrogens with zero attached hydrogens (tertiary/aromatic N) is 1. The largest absolute Gasteiger partial charge is 0.367 e. The van der Waals surface area contributed by atoms with Crippen molar-refractivity contribution in [2.24, 2.45) is 0 Å². The van der Waals surface area contributed by atoms with Crippen molar-refractivity contribution in [1.29, 1.82) is 0 Å². The summed E-state index contributed by atoms with van der Waals surface area (Å²) < 4.78 is 6.37. The quantitative estimate of drug-likeness (QED) is 0.577. The second-order valence-electron chi connectivity index (χ2n) is 8.06. The van der Waals surface area contributed by atoms with Gasteiger partial charge in [0.1, 0.15) is 6.61 Å². The summed E-state index contributed by atoms with van der Waals surface area (Å²) in [5, 5.41) is 0. The van der Waals surface area contributed by atoms with Crippen LogP contribution in [-0.2, 0) is 28.1 Å². The number of ether oxygens (including phenoxy) is 1. The van der Waals surface area contributed by atoms with Gasteiger partial charge in [0, 0.05) is 17.6 Å². The van der Waals surface area contributed by atoms with Gasteiger partial charge >= 0.3 is 6.03 Å². The Morgan fingerprint density at radius 2 is 1.57 bits per heavy atom. The summed E-state index contributed by atoms with van der Waals surface area (Å²) in [4.78, 5) is 25.9. The highest BCUT2D eigenvalue weighted by molar-refractivity contribution is 9.10. The number of carbonyl (C=O) groups excluding carboxylic acids is 2. The fourth-order valence-corrected chi connectivity index (χ4v) is 3.00. The molecule has 0 aliphatic heterocycles. The Balaban J connectivity index is 1.76. The van der Waals surface area contributed by atoms with E-state index in [0.29, 0.717) is 19.7 Å². The van der Waals surface area contributed by atoms with Gasteiger partial charge in [0.15, 0.2) is 0 Å². The van der Waals surface area contributed by atoms with Crippen LogP contribution in [0.15, 0.2) is 53.0 Å². The van der Waals surface area contributed by atoms with Crippen molar-refractivity contribution in [3.05, 3.63) is 69.7 Å². The highest BCUT2D eigenvalue weighted by Crippen LogP contribution is 2.22. The minimum absolute atomic E-state index is 0.0874. The highest BCUT2D eigenvalue weighted by Gasteiger charge is 2.15. The van der Waals surface area contributed by atoms with Crippen LogP contribution < -0.4 is 10.9 Å². The Bertz CT molecular complexity index is 830. The van der Waals surface area contributed by atoms with E-state index in [1.165, 1.54) is 5.56 Å². The monoisotopic (exact) mass is 475 g/mol. The van der Waals surface area contributed by atoms with Gasteiger partial charge in [0.05, 0.1) is 6.61 Å². The molecule has 2 aromatic carbocycles. The molecule has 0 radical (unpaired) electrons. The summed E-state index contributed by atoms with van der Waals surface area (Å²) in [5.74, 6) is -0.411. The van der Waals surface area contributed by atoms with Crippen LogP contribution in [0, 0.1) is 0 Å². The molecule has 0 saturated heterocycles. The Hall–Kier alpha value is -2.38. The predicted molar refractivity (Wildman–Crippen MR) is 122 cm³/mol. The van der Waals surface area contributed by atoms with Gasteiger partial charge in [-0.1, -0.05) is 73.1 Å². The van der Waals surface area contributed by atoms with Gasteiger partial charge in [0.25, 0.3) is 5.91 Å². The van der Waals surface area contributed by atoms with Crippen molar-refractivity contribution in [3.8, 4) is 0 Å². The summed E-state index contributed by atoms with van der Waals surface area (Å²) in [6.45, 7) is 9.55. The molecule has 0 fully saturated rings. The van der Waals surface area contributed by atoms with E-state index in [2.05, 4.69) is 59.7 Å². The molecule has 0 aliphatic carbocycles. The maximum atomic E-state index is 12.4. The lowest BCUT2D eigenvalue weighted by Gasteiger charge is -2.23. The van der Waals surface area contributed by atoms with Gasteiger partial charge in [-0.25, -0.2) is 10.2 Å². The lowest BCUT2D eigenvalue weighted by molar-refractivity contribution is -0.126. The fraction of sp³-hybridized carbons (Fsp3) is 0.391. The number of hydrogen-bond donors (Lipinski definition) is 2. The molecule has 0 heterocycles. The molecule has 162 valence electrons. The van der Waals surface area contributed by atoms with Crippen LogP contribution in [0.2, 0.25) is 0 Å². The molecule has 0 atom stereocenters. The maximum Gasteiger partial charge on any atom is 0.336 e. The first kappa shape index (κ1) is 23.9. The molecule has 0 spiro atoms. The fourth-order valence-electron chi connectivity index (χ4n) is 2.74. The lowest BCUT2D eigenvalue weighted by Crippen LogP contribution is -2.49. The molecule has 30 heavy (non-hydrogen) atoms. The molecule has 3 amide bonds. The zero-order valence-corrected chi connectivity index (χ0v) is 19.6. The van der Waals surface area contributed by atoms with Crippen LogP contribution in [0.1, 0.15) is 44.4 Å². The first-order valence-electron chi connectivity index (χ1n) is 9.94. The van der Waals surface area contributed by atoms with Crippen molar-refractivity contribution >= 4 is 27.9 Å². The third kappa shape index (κ3) is 7.80. The minimum Gasteiger partial charge on any atom is -0.367 e. The number of urea groups is 1. The van der Waals surface area contributed by atoms with Gasteiger partial charge in [-0.15, -0.1) is 0 Å². The molecule has 2 rings (SSSR count). The zero-order valence-electron chi connectivity index (χ0n) is 18.0. The van der Waals surface area contributed by atoms with Gasteiger partial charge in [0.2, 0.25) is 0 Å². The maximum absolute atomic E-state index is 12.4. The second-order valence-corrected chi connectivity index (χ2v) is 8.97.